The smallest absolute Gasteiger partial charge is 0.0713 e. The zero-order valence-corrected chi connectivity index (χ0v) is 38.1. The summed E-state index contributed by atoms with van der Waals surface area (Å²) < 4.78 is 0. The molecule has 2 aliphatic rings. The van der Waals surface area contributed by atoms with Gasteiger partial charge in [0.25, 0.3) is 0 Å². The van der Waals surface area contributed by atoms with Crippen LogP contribution < -0.4 is 4.90 Å². The van der Waals surface area contributed by atoms with Crippen LogP contribution in [0.15, 0.2) is 164 Å². The number of anilines is 3. The van der Waals surface area contributed by atoms with Crippen LogP contribution in [0.1, 0.15) is 105 Å². The molecule has 0 radical (unpaired) electrons. The molecular weight excluding hydrogens is 759 g/mol. The summed E-state index contributed by atoms with van der Waals surface area (Å²) in [7, 11) is 0. The molecule has 2 aliphatic carbocycles. The highest BCUT2D eigenvalue weighted by molar-refractivity contribution is 5.93. The highest BCUT2D eigenvalue weighted by Crippen LogP contribution is 2.58. The van der Waals surface area contributed by atoms with Crippen molar-refractivity contribution in [1.29, 1.82) is 0 Å². The monoisotopic (exact) mass is 815 g/mol. The Morgan fingerprint density at radius 3 is 1.49 bits per heavy atom. The molecule has 0 heterocycles. The Balaban J connectivity index is 1.08. The standard InChI is InChI=1S/C62H57N/c1-9-61(10-2)58-38-46(28-30-47-20-19-27-57-60(47)55-25-17-18-26-56(55)62(57,48-21-13-11-14-22-48)49-23-15-12-16-24-49)29-32-53(58)54-33-31-50(39-59(54)61)63(51-34-40(3)44(7)41(4)35-51)52-36-42(5)45(8)43(6)37-52/h11-39H,9-10H2,1-8H3/b30-28+. The Kier molecular flexibility index (Phi) is 9.99. The molecule has 8 aromatic rings. The van der Waals surface area contributed by atoms with E-state index < -0.39 is 5.41 Å². The van der Waals surface area contributed by atoms with Crippen LogP contribution in [-0.2, 0) is 10.8 Å². The molecule has 0 N–H and O–H groups in total. The summed E-state index contributed by atoms with van der Waals surface area (Å²) in [4.78, 5) is 2.49. The topological polar surface area (TPSA) is 3.24 Å². The normalized spacial score (nSPS) is 14.0. The minimum Gasteiger partial charge on any atom is -0.310 e. The lowest BCUT2D eigenvalue weighted by Crippen LogP contribution is -2.28. The first-order valence-corrected chi connectivity index (χ1v) is 22.9. The van der Waals surface area contributed by atoms with E-state index in [4.69, 9.17) is 0 Å². The van der Waals surface area contributed by atoms with Gasteiger partial charge in [-0.05, 0) is 191 Å². The number of benzene rings is 8. The number of rotatable bonds is 9. The van der Waals surface area contributed by atoms with Crippen LogP contribution in [0.4, 0.5) is 17.1 Å². The fourth-order valence-corrected chi connectivity index (χ4v) is 11.3. The van der Waals surface area contributed by atoms with Crippen molar-refractivity contribution in [3.05, 3.63) is 242 Å². The molecule has 63 heavy (non-hydrogen) atoms. The van der Waals surface area contributed by atoms with Gasteiger partial charge in [0.05, 0.1) is 5.41 Å². The van der Waals surface area contributed by atoms with Crippen molar-refractivity contribution >= 4 is 29.2 Å². The lowest BCUT2D eigenvalue weighted by molar-refractivity contribution is 0.490. The zero-order valence-electron chi connectivity index (χ0n) is 38.1. The molecule has 310 valence electrons. The lowest BCUT2D eigenvalue weighted by atomic mass is 9.67. The first-order chi connectivity index (χ1) is 30.6. The number of aryl methyl sites for hydroxylation is 4. The Labute approximate surface area is 375 Å². The number of fused-ring (bicyclic) bond motifs is 6. The van der Waals surface area contributed by atoms with Crippen LogP contribution >= 0.6 is 0 Å². The van der Waals surface area contributed by atoms with Crippen molar-refractivity contribution in [1.82, 2.24) is 0 Å². The van der Waals surface area contributed by atoms with Crippen LogP contribution in [0.5, 0.6) is 0 Å². The van der Waals surface area contributed by atoms with Gasteiger partial charge in [-0.15, -0.1) is 0 Å². The van der Waals surface area contributed by atoms with E-state index in [0.29, 0.717) is 0 Å². The van der Waals surface area contributed by atoms with Crippen molar-refractivity contribution in [2.24, 2.45) is 0 Å². The fourth-order valence-electron chi connectivity index (χ4n) is 11.3. The quantitative estimate of drug-likeness (QED) is 0.131. The maximum Gasteiger partial charge on any atom is 0.0713 e. The molecule has 10 rings (SSSR count). The molecule has 0 unspecified atom stereocenters. The maximum absolute atomic E-state index is 2.52. The largest absolute Gasteiger partial charge is 0.310 e. The lowest BCUT2D eigenvalue weighted by Gasteiger charge is -2.33. The summed E-state index contributed by atoms with van der Waals surface area (Å²) in [6, 6.07) is 62.0. The molecular formula is C62H57N. The fraction of sp³-hybridized carbons (Fsp3) is 0.194. The van der Waals surface area contributed by atoms with Gasteiger partial charge in [0.2, 0.25) is 0 Å². The molecule has 0 saturated carbocycles. The van der Waals surface area contributed by atoms with Crippen LogP contribution in [0.3, 0.4) is 0 Å². The molecule has 0 spiro atoms. The third kappa shape index (κ3) is 6.19. The minimum atomic E-state index is -0.415. The van der Waals surface area contributed by atoms with E-state index >= 15 is 0 Å². The maximum atomic E-state index is 2.52. The van der Waals surface area contributed by atoms with Crippen LogP contribution in [-0.4, -0.2) is 0 Å². The minimum absolute atomic E-state index is 0.105. The third-order valence-corrected chi connectivity index (χ3v) is 15.1. The average molecular weight is 816 g/mol. The predicted octanol–water partition coefficient (Wildman–Crippen LogP) is 16.6. The molecule has 1 heteroatoms. The molecule has 0 atom stereocenters. The van der Waals surface area contributed by atoms with Gasteiger partial charge >= 0.3 is 0 Å². The molecule has 0 bridgehead atoms. The molecule has 0 aromatic heterocycles. The van der Waals surface area contributed by atoms with Crippen molar-refractivity contribution in [2.75, 3.05) is 4.90 Å². The summed E-state index contributed by atoms with van der Waals surface area (Å²) in [5, 5.41) is 0. The van der Waals surface area contributed by atoms with E-state index in [1.54, 1.807) is 0 Å². The zero-order chi connectivity index (χ0) is 43.6. The van der Waals surface area contributed by atoms with E-state index in [9.17, 15) is 0 Å². The number of hydrogen-bond acceptors (Lipinski definition) is 1. The molecule has 0 saturated heterocycles. The second-order valence-corrected chi connectivity index (χ2v) is 18.2. The number of hydrogen-bond donors (Lipinski definition) is 0. The van der Waals surface area contributed by atoms with Gasteiger partial charge < -0.3 is 4.90 Å². The van der Waals surface area contributed by atoms with Gasteiger partial charge in [-0.25, -0.2) is 0 Å². The van der Waals surface area contributed by atoms with Gasteiger partial charge in [-0.1, -0.05) is 153 Å². The molecule has 0 amide bonds. The van der Waals surface area contributed by atoms with Gasteiger partial charge in [0.1, 0.15) is 0 Å². The molecule has 0 fully saturated rings. The van der Waals surface area contributed by atoms with E-state index in [1.807, 2.05) is 0 Å². The van der Waals surface area contributed by atoms with Crippen molar-refractivity contribution in [3.63, 3.8) is 0 Å². The SMILES string of the molecule is CCC1(CC)c2cc(/C=C/c3cccc4c3-c3ccccc3C4(c3ccccc3)c3ccccc3)ccc2-c2ccc(N(c3cc(C)c(C)c(C)c3)c3cc(C)c(C)c(C)c3)cc21. The highest BCUT2D eigenvalue weighted by atomic mass is 15.1. The van der Waals surface area contributed by atoms with Gasteiger partial charge in [0.15, 0.2) is 0 Å². The van der Waals surface area contributed by atoms with E-state index in [1.165, 1.54) is 117 Å². The van der Waals surface area contributed by atoms with Crippen molar-refractivity contribution < 1.29 is 0 Å². The summed E-state index contributed by atoms with van der Waals surface area (Å²) >= 11 is 0. The second-order valence-electron chi connectivity index (χ2n) is 18.2. The highest BCUT2D eigenvalue weighted by Gasteiger charge is 2.46. The Morgan fingerprint density at radius 2 is 0.921 bits per heavy atom. The number of nitrogens with zero attached hydrogens (tertiary/aromatic N) is 1. The predicted molar refractivity (Wildman–Crippen MR) is 269 cm³/mol. The van der Waals surface area contributed by atoms with Gasteiger partial charge in [-0.3, -0.25) is 0 Å². The summed E-state index contributed by atoms with van der Waals surface area (Å²) in [5.41, 5.74) is 27.0. The van der Waals surface area contributed by atoms with Crippen molar-refractivity contribution in [3.8, 4) is 22.3 Å². The van der Waals surface area contributed by atoms with Crippen LogP contribution in [0.25, 0.3) is 34.4 Å². The first-order valence-electron chi connectivity index (χ1n) is 22.9. The Morgan fingerprint density at radius 1 is 0.413 bits per heavy atom. The first kappa shape index (κ1) is 40.4. The average Bonchev–Trinajstić information content (AvgIpc) is 3.77. The van der Waals surface area contributed by atoms with Crippen molar-refractivity contribution in [2.45, 2.75) is 79.1 Å². The summed E-state index contributed by atoms with van der Waals surface area (Å²) in [6.45, 7) is 18.2. The summed E-state index contributed by atoms with van der Waals surface area (Å²) in [5.74, 6) is 0. The molecule has 8 aromatic carbocycles. The molecule has 0 aliphatic heterocycles. The Hall–Kier alpha value is -6.70. The van der Waals surface area contributed by atoms with E-state index in [-0.39, 0.29) is 5.41 Å². The second kappa shape index (κ2) is 15.6. The van der Waals surface area contributed by atoms with Crippen LogP contribution in [0, 0.1) is 41.5 Å². The Bertz CT molecular complexity index is 2940. The van der Waals surface area contributed by atoms with E-state index in [2.05, 4.69) is 236 Å². The third-order valence-electron chi connectivity index (χ3n) is 15.1. The van der Waals surface area contributed by atoms with Gasteiger partial charge in [0, 0.05) is 22.5 Å². The molecule has 1 nitrogen and oxygen atoms in total. The van der Waals surface area contributed by atoms with E-state index in [0.717, 1.165) is 12.8 Å². The van der Waals surface area contributed by atoms with Gasteiger partial charge in [-0.2, -0.15) is 0 Å². The summed E-state index contributed by atoms with van der Waals surface area (Å²) in [6.07, 6.45) is 6.75. The van der Waals surface area contributed by atoms with Crippen LogP contribution in [0.2, 0.25) is 0 Å².